The molecule has 2 aliphatic heterocycles. The summed E-state index contributed by atoms with van der Waals surface area (Å²) in [5, 5.41) is 4.10. The van der Waals surface area contributed by atoms with Crippen molar-refractivity contribution in [3.05, 3.63) is 35.6 Å². The van der Waals surface area contributed by atoms with Gasteiger partial charge in [-0.25, -0.2) is 0 Å². The lowest BCUT2D eigenvalue weighted by Gasteiger charge is -2.30. The van der Waals surface area contributed by atoms with E-state index in [1.54, 1.807) is 13.2 Å². The smallest absolute Gasteiger partial charge is 0.251 e. The van der Waals surface area contributed by atoms with Gasteiger partial charge in [-0.05, 0) is 50.4 Å². The van der Waals surface area contributed by atoms with Crippen molar-refractivity contribution in [3.8, 4) is 11.8 Å². The van der Waals surface area contributed by atoms with Crippen molar-refractivity contribution in [2.75, 3.05) is 19.6 Å². The molecule has 3 unspecified atom stereocenters. The summed E-state index contributed by atoms with van der Waals surface area (Å²) >= 11 is 0. The Labute approximate surface area is 135 Å². The predicted octanol–water partition coefficient (Wildman–Crippen LogP) is 2.63. The molecule has 2 aromatic rings. The number of fused-ring (bicyclic) bond motifs is 3. The van der Waals surface area contributed by atoms with Gasteiger partial charge in [0, 0.05) is 30.1 Å². The minimum atomic E-state index is -0.00370. The molecule has 0 aliphatic carbocycles. The topological polar surface area (TPSA) is 45.5 Å². The van der Waals surface area contributed by atoms with Gasteiger partial charge in [0.2, 0.25) is 0 Å². The number of hydrogen-bond donors (Lipinski definition) is 1. The number of hydrogen-bond acceptors (Lipinski definition) is 3. The highest BCUT2D eigenvalue weighted by atomic mass is 16.3. The molecule has 4 nitrogen and oxygen atoms in total. The average Bonchev–Trinajstić information content (AvgIpc) is 3.10. The van der Waals surface area contributed by atoms with E-state index in [1.165, 1.54) is 19.5 Å². The lowest BCUT2D eigenvalue weighted by Crippen LogP contribution is -2.47. The van der Waals surface area contributed by atoms with Crippen LogP contribution in [-0.4, -0.2) is 36.5 Å². The van der Waals surface area contributed by atoms with Crippen molar-refractivity contribution in [1.29, 1.82) is 0 Å². The van der Waals surface area contributed by atoms with Crippen molar-refractivity contribution < 1.29 is 9.21 Å². The largest absolute Gasteiger partial charge is 0.463 e. The van der Waals surface area contributed by atoms with E-state index >= 15 is 0 Å². The van der Waals surface area contributed by atoms with Crippen LogP contribution in [0.25, 0.3) is 11.0 Å². The molecule has 2 saturated heterocycles. The fourth-order valence-corrected chi connectivity index (χ4v) is 3.83. The maximum atomic E-state index is 12.6. The molecule has 118 valence electrons. The van der Waals surface area contributed by atoms with Gasteiger partial charge in [-0.15, -0.1) is 5.92 Å². The third-order valence-electron chi connectivity index (χ3n) is 4.90. The summed E-state index contributed by atoms with van der Waals surface area (Å²) in [5.41, 5.74) is 2.27. The van der Waals surface area contributed by atoms with E-state index in [4.69, 9.17) is 4.42 Å². The summed E-state index contributed by atoms with van der Waals surface area (Å²) in [4.78, 5) is 15.0. The highest BCUT2D eigenvalue weighted by Gasteiger charge is 2.33. The Balaban J connectivity index is 1.54. The molecule has 23 heavy (non-hydrogen) atoms. The van der Waals surface area contributed by atoms with Crippen LogP contribution < -0.4 is 5.32 Å². The van der Waals surface area contributed by atoms with Crippen LogP contribution >= 0.6 is 0 Å². The average molecular weight is 308 g/mol. The van der Waals surface area contributed by atoms with Gasteiger partial charge in [-0.2, -0.15) is 0 Å². The van der Waals surface area contributed by atoms with Crippen LogP contribution in [0.2, 0.25) is 0 Å². The summed E-state index contributed by atoms with van der Waals surface area (Å²) in [6.45, 7) is 5.15. The summed E-state index contributed by atoms with van der Waals surface area (Å²) in [6, 6.07) is 5.81. The SMILES string of the molecule is CC#Cc1coc2ccc(C(=O)NC3CC4CCN(C4)C3)cc12. The second-order valence-electron chi connectivity index (χ2n) is 6.56. The van der Waals surface area contributed by atoms with Gasteiger partial charge in [0.25, 0.3) is 5.91 Å². The Kier molecular flexibility index (Phi) is 3.59. The second kappa shape index (κ2) is 5.75. The first-order chi connectivity index (χ1) is 11.2. The first kappa shape index (κ1) is 14.3. The third-order valence-corrected chi connectivity index (χ3v) is 4.90. The van der Waals surface area contributed by atoms with Crippen LogP contribution in [0.15, 0.2) is 28.9 Å². The minimum absolute atomic E-state index is 0.00370. The molecule has 0 saturated carbocycles. The van der Waals surface area contributed by atoms with Crippen LogP contribution in [0.3, 0.4) is 0 Å². The Morgan fingerprint density at radius 1 is 1.39 bits per heavy atom. The monoisotopic (exact) mass is 308 g/mol. The standard InChI is InChI=1S/C19H20N2O2/c1-2-3-15-12-23-18-5-4-14(9-17(15)18)19(22)20-16-8-13-6-7-21(10-13)11-16/h4-5,9,12-13,16H,6-8,10-11H2,1H3,(H,20,22). The molecule has 3 atom stereocenters. The fourth-order valence-electron chi connectivity index (χ4n) is 3.83. The van der Waals surface area contributed by atoms with Crippen molar-refractivity contribution in [2.24, 2.45) is 5.92 Å². The lowest BCUT2D eigenvalue weighted by molar-refractivity contribution is 0.0909. The Hall–Kier alpha value is -2.25. The zero-order valence-electron chi connectivity index (χ0n) is 13.3. The van der Waals surface area contributed by atoms with Crippen LogP contribution in [0.4, 0.5) is 0 Å². The van der Waals surface area contributed by atoms with Crippen LogP contribution in [0.1, 0.15) is 35.7 Å². The van der Waals surface area contributed by atoms with Gasteiger partial charge in [-0.3, -0.25) is 4.79 Å². The predicted molar refractivity (Wildman–Crippen MR) is 89.2 cm³/mol. The molecule has 3 heterocycles. The highest BCUT2D eigenvalue weighted by molar-refractivity contribution is 5.99. The number of nitrogens with zero attached hydrogens (tertiary/aromatic N) is 1. The van der Waals surface area contributed by atoms with E-state index in [9.17, 15) is 4.79 Å². The third kappa shape index (κ3) is 2.73. The van der Waals surface area contributed by atoms with Gasteiger partial charge >= 0.3 is 0 Å². The summed E-state index contributed by atoms with van der Waals surface area (Å²) in [5.74, 6) is 6.64. The molecular formula is C19H20N2O2. The number of furan rings is 1. The fraction of sp³-hybridized carbons (Fsp3) is 0.421. The summed E-state index contributed by atoms with van der Waals surface area (Å²) in [7, 11) is 0. The molecule has 1 aromatic carbocycles. The van der Waals surface area contributed by atoms with Crippen molar-refractivity contribution in [2.45, 2.75) is 25.8 Å². The molecule has 2 bridgehead atoms. The van der Waals surface area contributed by atoms with Crippen molar-refractivity contribution in [3.63, 3.8) is 0 Å². The normalized spacial score (nSPS) is 25.9. The highest BCUT2D eigenvalue weighted by Crippen LogP contribution is 2.27. The molecular weight excluding hydrogens is 288 g/mol. The van der Waals surface area contributed by atoms with E-state index in [1.807, 2.05) is 18.2 Å². The molecule has 0 spiro atoms. The molecule has 4 rings (SSSR count). The van der Waals surface area contributed by atoms with Crippen LogP contribution in [0, 0.1) is 17.8 Å². The van der Waals surface area contributed by atoms with Crippen molar-refractivity contribution in [1.82, 2.24) is 10.2 Å². The number of rotatable bonds is 2. The quantitative estimate of drug-likeness (QED) is 0.868. The number of piperidine rings is 1. The van der Waals surface area contributed by atoms with E-state index in [-0.39, 0.29) is 11.9 Å². The Morgan fingerprint density at radius 3 is 3.13 bits per heavy atom. The van der Waals surface area contributed by atoms with Gasteiger partial charge in [-0.1, -0.05) is 5.92 Å². The van der Waals surface area contributed by atoms with Crippen molar-refractivity contribution >= 4 is 16.9 Å². The lowest BCUT2D eigenvalue weighted by atomic mass is 9.96. The van der Waals surface area contributed by atoms with Crippen LogP contribution in [0.5, 0.6) is 0 Å². The zero-order chi connectivity index (χ0) is 15.8. The molecule has 1 amide bonds. The number of amides is 1. The van der Waals surface area contributed by atoms with Gasteiger partial charge in [0.05, 0.1) is 5.56 Å². The number of carbonyl (C=O) groups excluding carboxylic acids is 1. The Morgan fingerprint density at radius 2 is 2.30 bits per heavy atom. The summed E-state index contributed by atoms with van der Waals surface area (Å²) in [6.07, 6.45) is 4.02. The maximum absolute atomic E-state index is 12.6. The first-order valence-corrected chi connectivity index (χ1v) is 8.20. The molecule has 4 heteroatoms. The minimum Gasteiger partial charge on any atom is -0.463 e. The second-order valence-corrected chi connectivity index (χ2v) is 6.56. The van der Waals surface area contributed by atoms with Gasteiger partial charge in [0.1, 0.15) is 11.8 Å². The number of benzene rings is 1. The maximum Gasteiger partial charge on any atom is 0.251 e. The van der Waals surface area contributed by atoms with E-state index in [0.717, 1.165) is 35.4 Å². The molecule has 0 radical (unpaired) electrons. The molecule has 2 fully saturated rings. The van der Waals surface area contributed by atoms with E-state index in [2.05, 4.69) is 22.1 Å². The van der Waals surface area contributed by atoms with Gasteiger partial charge < -0.3 is 14.6 Å². The summed E-state index contributed by atoms with van der Waals surface area (Å²) < 4.78 is 5.48. The zero-order valence-corrected chi connectivity index (χ0v) is 13.3. The van der Waals surface area contributed by atoms with E-state index < -0.39 is 0 Å². The first-order valence-electron chi connectivity index (χ1n) is 8.20. The van der Waals surface area contributed by atoms with Crippen LogP contribution in [-0.2, 0) is 0 Å². The Bertz CT molecular complexity index is 800. The molecule has 1 aromatic heterocycles. The number of nitrogens with one attached hydrogen (secondary N) is 1. The van der Waals surface area contributed by atoms with Gasteiger partial charge in [0.15, 0.2) is 0 Å². The number of carbonyl (C=O) groups is 1. The molecule has 2 aliphatic rings. The molecule has 1 N–H and O–H groups in total. The van der Waals surface area contributed by atoms with E-state index in [0.29, 0.717) is 5.56 Å².